The molecule has 0 radical (unpaired) electrons. The Hall–Kier alpha value is -2.21. The largest absolute Gasteiger partial charge is 0.454 e. The summed E-state index contributed by atoms with van der Waals surface area (Å²) in [5.41, 5.74) is 5.34. The van der Waals surface area contributed by atoms with E-state index in [-0.39, 0.29) is 0 Å². The molecule has 1 aromatic heterocycles. The summed E-state index contributed by atoms with van der Waals surface area (Å²) in [5, 5.41) is 5.54. The molecule has 2 aromatic carbocycles. The molecule has 0 saturated carbocycles. The number of nitrogens with zero attached hydrogens (tertiary/aromatic N) is 1. The first-order valence-electron chi connectivity index (χ1n) is 11.9. The summed E-state index contributed by atoms with van der Waals surface area (Å²) in [7, 11) is 0. The summed E-state index contributed by atoms with van der Waals surface area (Å²) < 4.78 is 11.4. The lowest BCUT2D eigenvalue weighted by molar-refractivity contribution is 0.135. The van der Waals surface area contributed by atoms with Crippen molar-refractivity contribution in [3.8, 4) is 11.5 Å². The Bertz CT molecular complexity index is 1120. The van der Waals surface area contributed by atoms with E-state index in [1.807, 2.05) is 6.07 Å². The minimum Gasteiger partial charge on any atom is -0.454 e. The fourth-order valence-corrected chi connectivity index (χ4v) is 5.92. The molecule has 2 N–H and O–H groups in total. The molecule has 0 amide bonds. The minimum absolute atomic E-state index is 0.331. The number of nitrogens with one attached hydrogen (secondary N) is 2. The summed E-state index contributed by atoms with van der Waals surface area (Å²) in [6.07, 6.45) is 7.88. The van der Waals surface area contributed by atoms with Crippen LogP contribution >= 0.6 is 11.6 Å². The van der Waals surface area contributed by atoms with Crippen LogP contribution in [0.3, 0.4) is 0 Å². The van der Waals surface area contributed by atoms with E-state index in [2.05, 4.69) is 45.7 Å². The van der Waals surface area contributed by atoms with Crippen LogP contribution < -0.4 is 14.8 Å². The zero-order chi connectivity index (χ0) is 21.5. The van der Waals surface area contributed by atoms with E-state index in [4.69, 9.17) is 21.1 Å². The number of aryl methyl sites for hydroxylation is 1. The van der Waals surface area contributed by atoms with Gasteiger partial charge >= 0.3 is 0 Å². The third-order valence-electron chi connectivity index (χ3n) is 7.47. The monoisotopic (exact) mass is 451 g/mol. The number of fused-ring (bicyclic) bond motifs is 3. The maximum absolute atomic E-state index is 6.30. The van der Waals surface area contributed by atoms with Crippen LogP contribution in [-0.4, -0.2) is 42.9 Å². The molecule has 168 valence electrons. The molecule has 0 bridgehead atoms. The van der Waals surface area contributed by atoms with E-state index < -0.39 is 0 Å². The Morgan fingerprint density at radius 3 is 2.78 bits per heavy atom. The van der Waals surface area contributed by atoms with Gasteiger partial charge in [-0.3, -0.25) is 4.90 Å². The quantitative estimate of drug-likeness (QED) is 0.567. The van der Waals surface area contributed by atoms with Gasteiger partial charge in [0, 0.05) is 41.3 Å². The highest BCUT2D eigenvalue weighted by Crippen LogP contribution is 2.42. The van der Waals surface area contributed by atoms with Crippen LogP contribution in [-0.2, 0) is 12.8 Å². The predicted octanol–water partition coefficient (Wildman–Crippen LogP) is 5.08. The molecular weight excluding hydrogens is 422 g/mol. The molecule has 3 aliphatic heterocycles. The van der Waals surface area contributed by atoms with Gasteiger partial charge in [0.2, 0.25) is 6.79 Å². The number of halogens is 1. The van der Waals surface area contributed by atoms with Crippen molar-refractivity contribution in [2.45, 2.75) is 38.1 Å². The lowest BCUT2D eigenvalue weighted by Crippen LogP contribution is -2.41. The lowest BCUT2D eigenvalue weighted by Gasteiger charge is -2.40. The van der Waals surface area contributed by atoms with Crippen molar-refractivity contribution in [3.63, 3.8) is 0 Å². The van der Waals surface area contributed by atoms with Crippen molar-refractivity contribution in [3.05, 3.63) is 58.2 Å². The highest BCUT2D eigenvalue weighted by atomic mass is 35.5. The zero-order valence-electron chi connectivity index (χ0n) is 18.3. The summed E-state index contributed by atoms with van der Waals surface area (Å²) in [5.74, 6) is 2.58. The normalized spacial score (nSPS) is 21.2. The molecule has 1 saturated heterocycles. The van der Waals surface area contributed by atoms with E-state index in [0.29, 0.717) is 12.8 Å². The van der Waals surface area contributed by atoms with Crippen LogP contribution in [0.4, 0.5) is 0 Å². The molecule has 3 aliphatic rings. The average molecular weight is 452 g/mol. The van der Waals surface area contributed by atoms with Crippen LogP contribution in [0.1, 0.15) is 42.0 Å². The topological polar surface area (TPSA) is 49.5 Å². The van der Waals surface area contributed by atoms with Gasteiger partial charge in [-0.1, -0.05) is 11.6 Å². The third kappa shape index (κ3) is 3.87. The SMILES string of the molecule is Clc1ccc2[nH]cc(CCC3c4cc5c(cc4CCN3CC3CCNCC3)OCO5)c2c1. The van der Waals surface area contributed by atoms with Crippen LogP contribution in [0.5, 0.6) is 11.5 Å². The predicted molar refractivity (Wildman–Crippen MR) is 128 cm³/mol. The minimum atomic E-state index is 0.331. The van der Waals surface area contributed by atoms with E-state index in [0.717, 1.165) is 66.9 Å². The lowest BCUT2D eigenvalue weighted by atomic mass is 9.86. The summed E-state index contributed by atoms with van der Waals surface area (Å²) in [6.45, 7) is 4.92. The molecule has 1 unspecified atom stereocenters. The van der Waals surface area contributed by atoms with Gasteiger partial charge in [-0.05, 0) is 98.1 Å². The van der Waals surface area contributed by atoms with E-state index >= 15 is 0 Å². The molecule has 32 heavy (non-hydrogen) atoms. The third-order valence-corrected chi connectivity index (χ3v) is 7.71. The van der Waals surface area contributed by atoms with E-state index in [1.54, 1.807) is 0 Å². The second kappa shape index (κ2) is 8.62. The molecule has 1 atom stereocenters. The Balaban J connectivity index is 1.29. The van der Waals surface area contributed by atoms with Gasteiger partial charge in [-0.15, -0.1) is 0 Å². The van der Waals surface area contributed by atoms with Crippen molar-refractivity contribution >= 4 is 22.5 Å². The van der Waals surface area contributed by atoms with Gasteiger partial charge in [0.1, 0.15) is 0 Å². The maximum Gasteiger partial charge on any atom is 0.231 e. The first kappa shape index (κ1) is 20.4. The molecule has 6 rings (SSSR count). The van der Waals surface area contributed by atoms with Crippen LogP contribution in [0.25, 0.3) is 10.9 Å². The number of rotatable bonds is 5. The maximum atomic E-state index is 6.30. The van der Waals surface area contributed by atoms with Crippen LogP contribution in [0.15, 0.2) is 36.5 Å². The molecule has 6 heteroatoms. The second-order valence-corrected chi connectivity index (χ2v) is 9.84. The van der Waals surface area contributed by atoms with Crippen molar-refractivity contribution in [2.24, 2.45) is 5.92 Å². The summed E-state index contributed by atoms with van der Waals surface area (Å²) in [4.78, 5) is 6.16. The van der Waals surface area contributed by atoms with Crippen molar-refractivity contribution in [1.29, 1.82) is 0 Å². The van der Waals surface area contributed by atoms with Gasteiger partial charge in [-0.2, -0.15) is 0 Å². The molecule has 1 fully saturated rings. The van der Waals surface area contributed by atoms with Crippen molar-refractivity contribution < 1.29 is 9.47 Å². The second-order valence-electron chi connectivity index (χ2n) is 9.40. The Labute approximate surface area is 194 Å². The molecule has 4 heterocycles. The van der Waals surface area contributed by atoms with Crippen molar-refractivity contribution in [2.75, 3.05) is 33.0 Å². The molecule has 0 aliphatic carbocycles. The van der Waals surface area contributed by atoms with E-state index in [1.165, 1.54) is 41.5 Å². The number of aromatic amines is 1. The Morgan fingerprint density at radius 2 is 1.91 bits per heavy atom. The van der Waals surface area contributed by atoms with Gasteiger partial charge < -0.3 is 19.8 Å². The molecule has 5 nitrogen and oxygen atoms in total. The number of aromatic nitrogens is 1. The number of hydrogen-bond acceptors (Lipinski definition) is 4. The number of ether oxygens (including phenoxy) is 2. The zero-order valence-corrected chi connectivity index (χ0v) is 19.1. The number of benzene rings is 2. The number of hydrogen-bond donors (Lipinski definition) is 2. The fraction of sp³-hybridized carbons (Fsp3) is 0.462. The van der Waals surface area contributed by atoms with E-state index in [9.17, 15) is 0 Å². The Morgan fingerprint density at radius 1 is 1.06 bits per heavy atom. The molecule has 3 aromatic rings. The first-order valence-corrected chi connectivity index (χ1v) is 12.2. The first-order chi connectivity index (χ1) is 15.7. The molecular formula is C26H30ClN3O2. The number of H-pyrrole nitrogens is 1. The Kier molecular flexibility index (Phi) is 5.49. The van der Waals surface area contributed by atoms with Gasteiger partial charge in [0.05, 0.1) is 0 Å². The average Bonchev–Trinajstić information content (AvgIpc) is 3.44. The standard InChI is InChI=1S/C26H30ClN3O2/c27-20-2-3-23-21(12-20)19(14-29-23)1-4-24-22-13-26-25(31-16-32-26)11-18(22)7-10-30(24)15-17-5-8-28-9-6-17/h2-3,11-14,17,24,28-29H,1,4-10,15-16H2. The number of piperidine rings is 1. The summed E-state index contributed by atoms with van der Waals surface area (Å²) in [6, 6.07) is 11.0. The van der Waals surface area contributed by atoms with Crippen molar-refractivity contribution in [1.82, 2.24) is 15.2 Å². The van der Waals surface area contributed by atoms with Gasteiger partial charge in [0.25, 0.3) is 0 Å². The molecule has 0 spiro atoms. The summed E-state index contributed by atoms with van der Waals surface area (Å²) >= 11 is 6.30. The van der Waals surface area contributed by atoms with Gasteiger partial charge in [0.15, 0.2) is 11.5 Å². The highest BCUT2D eigenvalue weighted by molar-refractivity contribution is 6.31. The fourth-order valence-electron chi connectivity index (χ4n) is 5.75. The van der Waals surface area contributed by atoms with Gasteiger partial charge in [-0.25, -0.2) is 0 Å². The highest BCUT2D eigenvalue weighted by Gasteiger charge is 2.31. The van der Waals surface area contributed by atoms with Crippen LogP contribution in [0, 0.1) is 5.92 Å². The smallest absolute Gasteiger partial charge is 0.231 e. The van der Waals surface area contributed by atoms with Crippen LogP contribution in [0.2, 0.25) is 5.02 Å².